The number of carbonyl (C=O) groups excluding carboxylic acids is 1. The van der Waals surface area contributed by atoms with Crippen LogP contribution >= 0.6 is 0 Å². The third kappa shape index (κ3) is 3.46. The van der Waals surface area contributed by atoms with Gasteiger partial charge in [0.05, 0.1) is 13.2 Å². The number of methoxy groups -OCH3 is 1. The number of aryl methyl sites for hydroxylation is 1. The van der Waals surface area contributed by atoms with Gasteiger partial charge in [0.2, 0.25) is 5.91 Å². The van der Waals surface area contributed by atoms with Crippen LogP contribution in [0.2, 0.25) is 0 Å². The molecule has 0 fully saturated rings. The number of benzene rings is 1. The molecule has 94 valence electrons. The van der Waals surface area contributed by atoms with Gasteiger partial charge in [-0.1, -0.05) is 13.8 Å². The molecule has 1 atom stereocenters. The normalized spacial score (nSPS) is 12.4. The Morgan fingerprint density at radius 2 is 2.06 bits per heavy atom. The van der Waals surface area contributed by atoms with E-state index in [0.717, 1.165) is 17.0 Å². The lowest BCUT2D eigenvalue weighted by molar-refractivity contribution is -0.118. The molecule has 0 unspecified atom stereocenters. The SMILES string of the molecule is COc1ccc(NC(=O)[C@H](N)C(C)C)cc1C. The first-order valence-electron chi connectivity index (χ1n) is 5.66. The number of hydrogen-bond acceptors (Lipinski definition) is 3. The van der Waals surface area contributed by atoms with Gasteiger partial charge in [-0.05, 0) is 36.6 Å². The van der Waals surface area contributed by atoms with Crippen LogP contribution in [0.5, 0.6) is 5.75 Å². The van der Waals surface area contributed by atoms with E-state index >= 15 is 0 Å². The van der Waals surface area contributed by atoms with Gasteiger partial charge in [0.1, 0.15) is 5.75 Å². The summed E-state index contributed by atoms with van der Waals surface area (Å²) in [7, 11) is 1.62. The van der Waals surface area contributed by atoms with E-state index in [0.29, 0.717) is 0 Å². The van der Waals surface area contributed by atoms with Crippen molar-refractivity contribution in [3.63, 3.8) is 0 Å². The van der Waals surface area contributed by atoms with Crippen molar-refractivity contribution < 1.29 is 9.53 Å². The van der Waals surface area contributed by atoms with Crippen molar-refractivity contribution in [3.8, 4) is 5.75 Å². The maximum absolute atomic E-state index is 11.8. The molecule has 1 aromatic rings. The number of rotatable bonds is 4. The Morgan fingerprint density at radius 3 is 2.53 bits per heavy atom. The van der Waals surface area contributed by atoms with Crippen LogP contribution in [0, 0.1) is 12.8 Å². The lowest BCUT2D eigenvalue weighted by atomic mass is 10.0. The molecule has 0 saturated heterocycles. The van der Waals surface area contributed by atoms with E-state index in [1.165, 1.54) is 0 Å². The maximum atomic E-state index is 11.8. The predicted molar refractivity (Wildman–Crippen MR) is 69.2 cm³/mol. The summed E-state index contributed by atoms with van der Waals surface area (Å²) in [6.45, 7) is 5.77. The van der Waals surface area contributed by atoms with Crippen LogP contribution in [0.3, 0.4) is 0 Å². The van der Waals surface area contributed by atoms with Crippen LogP contribution in [-0.2, 0) is 4.79 Å². The quantitative estimate of drug-likeness (QED) is 0.839. The molecule has 0 radical (unpaired) electrons. The minimum absolute atomic E-state index is 0.120. The fourth-order valence-corrected chi connectivity index (χ4v) is 1.48. The fourth-order valence-electron chi connectivity index (χ4n) is 1.48. The van der Waals surface area contributed by atoms with Crippen LogP contribution in [-0.4, -0.2) is 19.1 Å². The first-order valence-corrected chi connectivity index (χ1v) is 5.66. The van der Waals surface area contributed by atoms with Gasteiger partial charge in [0.15, 0.2) is 0 Å². The molecule has 17 heavy (non-hydrogen) atoms. The van der Waals surface area contributed by atoms with Crippen molar-refractivity contribution in [2.75, 3.05) is 12.4 Å². The molecule has 1 amide bonds. The second-order valence-corrected chi connectivity index (χ2v) is 4.44. The van der Waals surface area contributed by atoms with Gasteiger partial charge in [-0.2, -0.15) is 0 Å². The summed E-state index contributed by atoms with van der Waals surface area (Å²) in [5.41, 5.74) is 7.48. The van der Waals surface area contributed by atoms with Gasteiger partial charge in [-0.15, -0.1) is 0 Å². The topological polar surface area (TPSA) is 64.3 Å². The van der Waals surface area contributed by atoms with Gasteiger partial charge >= 0.3 is 0 Å². The van der Waals surface area contributed by atoms with E-state index < -0.39 is 6.04 Å². The Balaban J connectivity index is 2.76. The molecule has 0 aliphatic heterocycles. The minimum atomic E-state index is -0.489. The predicted octanol–water partition coefficient (Wildman–Crippen LogP) is 1.93. The van der Waals surface area contributed by atoms with Gasteiger partial charge in [-0.25, -0.2) is 0 Å². The zero-order valence-electron chi connectivity index (χ0n) is 10.8. The molecule has 0 bridgehead atoms. The third-order valence-electron chi connectivity index (χ3n) is 2.68. The van der Waals surface area contributed by atoms with Crippen LogP contribution in [0.4, 0.5) is 5.69 Å². The summed E-state index contributed by atoms with van der Waals surface area (Å²) < 4.78 is 5.15. The van der Waals surface area contributed by atoms with Crippen molar-refractivity contribution >= 4 is 11.6 Å². The lowest BCUT2D eigenvalue weighted by Crippen LogP contribution is -2.39. The molecule has 0 saturated carbocycles. The van der Waals surface area contributed by atoms with Gasteiger partial charge in [0, 0.05) is 5.69 Å². The van der Waals surface area contributed by atoms with Crippen LogP contribution in [0.1, 0.15) is 19.4 Å². The highest BCUT2D eigenvalue weighted by Crippen LogP contribution is 2.21. The monoisotopic (exact) mass is 236 g/mol. The molecule has 3 N–H and O–H groups in total. The van der Waals surface area contributed by atoms with Crippen LogP contribution in [0.25, 0.3) is 0 Å². The van der Waals surface area contributed by atoms with Crippen molar-refractivity contribution in [2.24, 2.45) is 11.7 Å². The third-order valence-corrected chi connectivity index (χ3v) is 2.68. The van der Waals surface area contributed by atoms with Crippen LogP contribution < -0.4 is 15.8 Å². The van der Waals surface area contributed by atoms with Crippen LogP contribution in [0.15, 0.2) is 18.2 Å². The Kier molecular flexibility index (Phi) is 4.52. The first-order chi connectivity index (χ1) is 7.95. The number of nitrogens with two attached hydrogens (primary N) is 1. The molecule has 1 rings (SSSR count). The average Bonchev–Trinajstić information content (AvgIpc) is 2.28. The number of amides is 1. The zero-order chi connectivity index (χ0) is 13.0. The largest absolute Gasteiger partial charge is 0.496 e. The number of ether oxygens (including phenoxy) is 1. The summed E-state index contributed by atoms with van der Waals surface area (Å²) in [6, 6.07) is 5.00. The van der Waals surface area contributed by atoms with Crippen molar-refractivity contribution in [1.29, 1.82) is 0 Å². The Morgan fingerprint density at radius 1 is 1.41 bits per heavy atom. The smallest absolute Gasteiger partial charge is 0.241 e. The summed E-state index contributed by atoms with van der Waals surface area (Å²) in [4.78, 5) is 11.8. The molecule has 0 aromatic heterocycles. The number of nitrogens with one attached hydrogen (secondary N) is 1. The van der Waals surface area contributed by atoms with Gasteiger partial charge < -0.3 is 15.8 Å². The second kappa shape index (κ2) is 5.68. The molecule has 1 aromatic carbocycles. The van der Waals surface area contributed by atoms with E-state index in [-0.39, 0.29) is 11.8 Å². The highest BCUT2D eigenvalue weighted by molar-refractivity contribution is 5.94. The molecule has 4 heteroatoms. The Labute approximate surface area is 102 Å². The number of hydrogen-bond donors (Lipinski definition) is 2. The zero-order valence-corrected chi connectivity index (χ0v) is 10.8. The van der Waals surface area contributed by atoms with Crippen molar-refractivity contribution in [2.45, 2.75) is 26.8 Å². The summed E-state index contributed by atoms with van der Waals surface area (Å²) >= 11 is 0. The lowest BCUT2D eigenvalue weighted by Gasteiger charge is -2.16. The Bertz CT molecular complexity index is 402. The molecular formula is C13H20N2O2. The van der Waals surface area contributed by atoms with E-state index in [1.54, 1.807) is 13.2 Å². The fraction of sp³-hybridized carbons (Fsp3) is 0.462. The molecule has 0 spiro atoms. The van der Waals surface area contributed by atoms with Crippen molar-refractivity contribution in [3.05, 3.63) is 23.8 Å². The summed E-state index contributed by atoms with van der Waals surface area (Å²) in [5.74, 6) is 0.759. The molecule has 0 heterocycles. The van der Waals surface area contributed by atoms with E-state index in [4.69, 9.17) is 10.5 Å². The summed E-state index contributed by atoms with van der Waals surface area (Å²) in [5, 5.41) is 2.80. The molecular weight excluding hydrogens is 216 g/mol. The molecule has 0 aliphatic carbocycles. The van der Waals surface area contributed by atoms with E-state index in [9.17, 15) is 4.79 Å². The molecule has 0 aliphatic rings. The highest BCUT2D eigenvalue weighted by atomic mass is 16.5. The standard InChI is InChI=1S/C13H20N2O2/c1-8(2)12(14)13(16)15-10-5-6-11(17-4)9(3)7-10/h5-8,12H,14H2,1-4H3,(H,15,16)/t12-/m1/s1. The van der Waals surface area contributed by atoms with Crippen molar-refractivity contribution in [1.82, 2.24) is 0 Å². The maximum Gasteiger partial charge on any atom is 0.241 e. The van der Waals surface area contributed by atoms with Gasteiger partial charge in [0.25, 0.3) is 0 Å². The average molecular weight is 236 g/mol. The first kappa shape index (κ1) is 13.5. The van der Waals surface area contributed by atoms with E-state index in [1.807, 2.05) is 32.9 Å². The van der Waals surface area contributed by atoms with E-state index in [2.05, 4.69) is 5.32 Å². The highest BCUT2D eigenvalue weighted by Gasteiger charge is 2.17. The number of carbonyl (C=O) groups is 1. The number of anilines is 1. The second-order valence-electron chi connectivity index (χ2n) is 4.44. The Hall–Kier alpha value is -1.55. The summed E-state index contributed by atoms with van der Waals surface area (Å²) in [6.07, 6.45) is 0. The molecule has 4 nitrogen and oxygen atoms in total. The minimum Gasteiger partial charge on any atom is -0.496 e. The van der Waals surface area contributed by atoms with Gasteiger partial charge in [-0.3, -0.25) is 4.79 Å².